The molecule has 0 unspecified atom stereocenters. The van der Waals surface area contributed by atoms with Gasteiger partial charge in [-0.15, -0.1) is 0 Å². The van der Waals surface area contributed by atoms with Crippen molar-refractivity contribution in [2.45, 2.75) is 39.9 Å². The average Bonchev–Trinajstić information content (AvgIpc) is 2.95. The summed E-state index contributed by atoms with van der Waals surface area (Å²) in [6, 6.07) is 4.20. The highest BCUT2D eigenvalue weighted by molar-refractivity contribution is 5.10. The topological polar surface area (TPSA) is 47.7 Å². The monoisotopic (exact) mass is 247 g/mol. The molecule has 0 aliphatic carbocycles. The Kier molecular flexibility index (Phi) is 4.15. The predicted molar refractivity (Wildman–Crippen MR) is 71.0 cm³/mol. The molecule has 18 heavy (non-hydrogen) atoms. The summed E-state index contributed by atoms with van der Waals surface area (Å²) in [6.07, 6.45) is 2.95. The number of hydrogen-bond acceptors (Lipinski definition) is 3. The van der Waals surface area contributed by atoms with Crippen molar-refractivity contribution in [1.82, 2.24) is 24.9 Å². The van der Waals surface area contributed by atoms with Crippen LogP contribution in [0.3, 0.4) is 0 Å². The largest absolute Gasteiger partial charge is 0.305 e. The zero-order valence-electron chi connectivity index (χ0n) is 11.3. The Morgan fingerprint density at radius 1 is 1.17 bits per heavy atom. The third-order valence-electron chi connectivity index (χ3n) is 2.96. The van der Waals surface area contributed by atoms with Gasteiger partial charge in [-0.3, -0.25) is 9.36 Å². The summed E-state index contributed by atoms with van der Waals surface area (Å²) in [5.74, 6) is 0. The van der Waals surface area contributed by atoms with Gasteiger partial charge in [-0.05, 0) is 25.5 Å². The molecular weight excluding hydrogens is 226 g/mol. The van der Waals surface area contributed by atoms with Crippen LogP contribution in [-0.2, 0) is 33.1 Å². The molecule has 1 N–H and O–H groups in total. The van der Waals surface area contributed by atoms with Crippen molar-refractivity contribution in [1.29, 1.82) is 0 Å². The molecule has 0 fully saturated rings. The van der Waals surface area contributed by atoms with Crippen molar-refractivity contribution < 1.29 is 0 Å². The van der Waals surface area contributed by atoms with Gasteiger partial charge in [-0.1, -0.05) is 6.92 Å². The molecule has 98 valence electrons. The highest BCUT2D eigenvalue weighted by Crippen LogP contribution is 2.05. The van der Waals surface area contributed by atoms with E-state index in [-0.39, 0.29) is 0 Å². The van der Waals surface area contributed by atoms with Gasteiger partial charge >= 0.3 is 0 Å². The molecule has 0 radical (unpaired) electrons. The summed E-state index contributed by atoms with van der Waals surface area (Å²) in [5.41, 5.74) is 3.47. The van der Waals surface area contributed by atoms with Crippen molar-refractivity contribution in [3.05, 3.63) is 35.4 Å². The molecule has 0 spiro atoms. The molecule has 0 aliphatic heterocycles. The average molecular weight is 247 g/mol. The fourth-order valence-electron chi connectivity index (χ4n) is 1.98. The van der Waals surface area contributed by atoms with E-state index < -0.39 is 0 Å². The minimum Gasteiger partial charge on any atom is -0.305 e. The maximum Gasteiger partial charge on any atom is 0.0762 e. The maximum absolute atomic E-state index is 4.53. The summed E-state index contributed by atoms with van der Waals surface area (Å²) in [4.78, 5) is 0. The van der Waals surface area contributed by atoms with Crippen molar-refractivity contribution >= 4 is 0 Å². The second kappa shape index (κ2) is 5.82. The highest BCUT2D eigenvalue weighted by atomic mass is 15.3. The van der Waals surface area contributed by atoms with Crippen molar-refractivity contribution in [2.75, 3.05) is 0 Å². The van der Waals surface area contributed by atoms with E-state index in [9.17, 15) is 0 Å². The predicted octanol–water partition coefficient (Wildman–Crippen LogP) is 1.49. The standard InChI is InChI=1S/C13H21N5/c1-4-11-8-13(18(5-2)16-11)10-14-9-12-6-7-17(3)15-12/h6-8,14H,4-5,9-10H2,1-3H3. The Morgan fingerprint density at radius 2 is 2.00 bits per heavy atom. The summed E-state index contributed by atoms with van der Waals surface area (Å²) in [7, 11) is 1.93. The fraction of sp³-hybridized carbons (Fsp3) is 0.538. The second-order valence-corrected chi connectivity index (χ2v) is 4.38. The van der Waals surface area contributed by atoms with Crippen LogP contribution in [0.1, 0.15) is 30.9 Å². The molecule has 2 aromatic heterocycles. The lowest BCUT2D eigenvalue weighted by atomic mass is 10.3. The number of aryl methyl sites for hydroxylation is 3. The smallest absolute Gasteiger partial charge is 0.0762 e. The van der Waals surface area contributed by atoms with Crippen LogP contribution in [0.5, 0.6) is 0 Å². The van der Waals surface area contributed by atoms with Gasteiger partial charge in [0.25, 0.3) is 0 Å². The van der Waals surface area contributed by atoms with Crippen LogP contribution in [0.15, 0.2) is 18.3 Å². The van der Waals surface area contributed by atoms with E-state index in [0.29, 0.717) is 0 Å². The van der Waals surface area contributed by atoms with Gasteiger partial charge in [0.05, 0.1) is 17.1 Å². The molecule has 2 aromatic rings. The first-order valence-electron chi connectivity index (χ1n) is 6.47. The second-order valence-electron chi connectivity index (χ2n) is 4.38. The third kappa shape index (κ3) is 2.98. The molecule has 0 bridgehead atoms. The first-order valence-corrected chi connectivity index (χ1v) is 6.47. The zero-order chi connectivity index (χ0) is 13.0. The van der Waals surface area contributed by atoms with Crippen LogP contribution in [0.25, 0.3) is 0 Å². The summed E-state index contributed by atoms with van der Waals surface area (Å²) < 4.78 is 3.88. The molecule has 0 saturated heterocycles. The number of aromatic nitrogens is 4. The normalized spacial score (nSPS) is 11.1. The zero-order valence-corrected chi connectivity index (χ0v) is 11.3. The highest BCUT2D eigenvalue weighted by Gasteiger charge is 2.05. The minimum absolute atomic E-state index is 0.789. The van der Waals surface area contributed by atoms with Crippen molar-refractivity contribution in [3.63, 3.8) is 0 Å². The van der Waals surface area contributed by atoms with Crippen LogP contribution >= 0.6 is 0 Å². The molecule has 5 nitrogen and oxygen atoms in total. The molecule has 2 heterocycles. The summed E-state index contributed by atoms with van der Waals surface area (Å²) >= 11 is 0. The van der Waals surface area contributed by atoms with Crippen LogP contribution < -0.4 is 5.32 Å². The quantitative estimate of drug-likeness (QED) is 0.841. The van der Waals surface area contributed by atoms with Gasteiger partial charge < -0.3 is 5.32 Å². The molecule has 5 heteroatoms. The summed E-state index contributed by atoms with van der Waals surface area (Å²) in [6.45, 7) is 6.79. The van der Waals surface area contributed by atoms with E-state index >= 15 is 0 Å². The number of hydrogen-bond donors (Lipinski definition) is 1. The number of rotatable bonds is 6. The van der Waals surface area contributed by atoms with Crippen molar-refractivity contribution in [3.8, 4) is 0 Å². The van der Waals surface area contributed by atoms with Gasteiger partial charge in [0.2, 0.25) is 0 Å². The minimum atomic E-state index is 0.789. The first kappa shape index (κ1) is 12.8. The molecule has 0 aromatic carbocycles. The van der Waals surface area contributed by atoms with Crippen LogP contribution in [0, 0.1) is 0 Å². The number of nitrogens with one attached hydrogen (secondary N) is 1. The van der Waals surface area contributed by atoms with E-state index in [0.717, 1.165) is 37.4 Å². The molecule has 2 rings (SSSR count). The van der Waals surface area contributed by atoms with E-state index in [1.54, 1.807) is 0 Å². The third-order valence-corrected chi connectivity index (χ3v) is 2.96. The molecule has 0 amide bonds. The lowest BCUT2D eigenvalue weighted by Gasteiger charge is -2.05. The van der Waals surface area contributed by atoms with Crippen LogP contribution in [-0.4, -0.2) is 19.6 Å². The Morgan fingerprint density at radius 3 is 2.61 bits per heavy atom. The Bertz CT molecular complexity index is 497. The lowest BCUT2D eigenvalue weighted by Crippen LogP contribution is -2.16. The van der Waals surface area contributed by atoms with Gasteiger partial charge in [-0.25, -0.2) is 0 Å². The SMILES string of the molecule is CCc1cc(CNCc2ccn(C)n2)n(CC)n1. The van der Waals surface area contributed by atoms with E-state index in [1.807, 2.05) is 24.0 Å². The lowest BCUT2D eigenvalue weighted by molar-refractivity contribution is 0.572. The molecular formula is C13H21N5. The maximum atomic E-state index is 4.53. The first-order chi connectivity index (χ1) is 8.72. The summed E-state index contributed by atoms with van der Waals surface area (Å²) in [5, 5.41) is 12.3. The Balaban J connectivity index is 1.91. The van der Waals surface area contributed by atoms with Crippen LogP contribution in [0.4, 0.5) is 0 Å². The van der Waals surface area contributed by atoms with Gasteiger partial charge in [0.1, 0.15) is 0 Å². The molecule has 0 saturated carbocycles. The van der Waals surface area contributed by atoms with E-state index in [4.69, 9.17) is 0 Å². The van der Waals surface area contributed by atoms with Gasteiger partial charge in [0, 0.05) is 32.9 Å². The number of nitrogens with zero attached hydrogens (tertiary/aromatic N) is 4. The van der Waals surface area contributed by atoms with E-state index in [1.165, 1.54) is 5.69 Å². The van der Waals surface area contributed by atoms with Gasteiger partial charge in [0.15, 0.2) is 0 Å². The fourth-order valence-corrected chi connectivity index (χ4v) is 1.98. The molecule has 0 aliphatic rings. The van der Waals surface area contributed by atoms with Gasteiger partial charge in [-0.2, -0.15) is 10.2 Å². The van der Waals surface area contributed by atoms with Crippen LogP contribution in [0.2, 0.25) is 0 Å². The van der Waals surface area contributed by atoms with E-state index in [2.05, 4.69) is 40.1 Å². The molecule has 0 atom stereocenters. The Labute approximate surface area is 108 Å². The van der Waals surface area contributed by atoms with Crippen molar-refractivity contribution in [2.24, 2.45) is 7.05 Å². The Hall–Kier alpha value is -1.62.